The average molecular weight is 248 g/mol. The summed E-state index contributed by atoms with van der Waals surface area (Å²) in [6.45, 7) is 0.0493. The van der Waals surface area contributed by atoms with Crippen molar-refractivity contribution in [1.82, 2.24) is 0 Å². The third-order valence-electron chi connectivity index (χ3n) is 1.36. The summed E-state index contributed by atoms with van der Waals surface area (Å²) in [5.74, 6) is 0. The first-order valence-electron chi connectivity index (χ1n) is 3.46. The van der Waals surface area contributed by atoms with Crippen molar-refractivity contribution >= 4 is 33.6 Å². The molecule has 1 N–H and O–H groups in total. The standard InChI is InChI=1S/C9H8BrClO/c10-8-4-3-7(2-1-5-12)6-9(8)11/h1-4,6,12H,5H2/b2-1+. The summed E-state index contributed by atoms with van der Waals surface area (Å²) in [5.41, 5.74) is 0.984. The zero-order valence-corrected chi connectivity index (χ0v) is 8.64. The molecule has 3 heteroatoms. The number of benzene rings is 1. The third-order valence-corrected chi connectivity index (χ3v) is 2.59. The van der Waals surface area contributed by atoms with Crippen LogP contribution in [0.15, 0.2) is 28.7 Å². The molecule has 0 radical (unpaired) electrons. The van der Waals surface area contributed by atoms with Crippen LogP contribution in [-0.4, -0.2) is 11.7 Å². The largest absolute Gasteiger partial charge is 0.392 e. The van der Waals surface area contributed by atoms with Gasteiger partial charge in [0.15, 0.2) is 0 Å². The van der Waals surface area contributed by atoms with Gasteiger partial charge in [0, 0.05) is 4.47 Å². The average Bonchev–Trinajstić information content (AvgIpc) is 2.07. The van der Waals surface area contributed by atoms with E-state index in [0.29, 0.717) is 5.02 Å². The fourth-order valence-electron chi connectivity index (χ4n) is 0.805. The van der Waals surface area contributed by atoms with E-state index in [-0.39, 0.29) is 6.61 Å². The van der Waals surface area contributed by atoms with E-state index in [9.17, 15) is 0 Å². The molecule has 0 heterocycles. The van der Waals surface area contributed by atoms with Gasteiger partial charge in [-0.25, -0.2) is 0 Å². The van der Waals surface area contributed by atoms with Gasteiger partial charge in [-0.05, 0) is 33.6 Å². The van der Waals surface area contributed by atoms with Gasteiger partial charge >= 0.3 is 0 Å². The molecule has 0 fully saturated rings. The second-order valence-electron chi connectivity index (χ2n) is 2.26. The molecule has 0 bridgehead atoms. The van der Waals surface area contributed by atoms with Crippen molar-refractivity contribution in [2.45, 2.75) is 0 Å². The molecule has 0 amide bonds. The normalized spacial score (nSPS) is 10.9. The second kappa shape index (κ2) is 4.65. The molecule has 0 aromatic heterocycles. The van der Waals surface area contributed by atoms with Gasteiger partial charge in [0.05, 0.1) is 11.6 Å². The maximum Gasteiger partial charge on any atom is 0.0615 e. The van der Waals surface area contributed by atoms with E-state index in [1.165, 1.54) is 0 Å². The topological polar surface area (TPSA) is 20.2 Å². The molecule has 0 aliphatic rings. The Labute approximate surface area is 84.8 Å². The van der Waals surface area contributed by atoms with E-state index < -0.39 is 0 Å². The van der Waals surface area contributed by atoms with E-state index in [2.05, 4.69) is 15.9 Å². The summed E-state index contributed by atoms with van der Waals surface area (Å²) in [7, 11) is 0. The lowest BCUT2D eigenvalue weighted by molar-refractivity contribution is 0.343. The van der Waals surface area contributed by atoms with Gasteiger partial charge in [-0.1, -0.05) is 29.8 Å². The first kappa shape index (κ1) is 9.78. The molecule has 0 saturated heterocycles. The summed E-state index contributed by atoms with van der Waals surface area (Å²) in [6, 6.07) is 5.62. The lowest BCUT2D eigenvalue weighted by Gasteiger charge is -1.96. The van der Waals surface area contributed by atoms with E-state index in [1.54, 1.807) is 6.08 Å². The number of hydrogen-bond donors (Lipinski definition) is 1. The number of aliphatic hydroxyl groups excluding tert-OH is 1. The molecule has 0 unspecified atom stereocenters. The van der Waals surface area contributed by atoms with E-state index in [1.807, 2.05) is 24.3 Å². The molecule has 1 aromatic rings. The van der Waals surface area contributed by atoms with Crippen molar-refractivity contribution in [1.29, 1.82) is 0 Å². The van der Waals surface area contributed by atoms with Crippen molar-refractivity contribution in [3.05, 3.63) is 39.3 Å². The smallest absolute Gasteiger partial charge is 0.0615 e. The van der Waals surface area contributed by atoms with Crippen LogP contribution in [0, 0.1) is 0 Å². The first-order chi connectivity index (χ1) is 5.74. The molecular formula is C9H8BrClO. The van der Waals surface area contributed by atoms with Crippen LogP contribution in [0.25, 0.3) is 6.08 Å². The van der Waals surface area contributed by atoms with Gasteiger partial charge in [0.2, 0.25) is 0 Å². The Kier molecular flexibility index (Phi) is 3.79. The maximum atomic E-state index is 8.52. The predicted octanol–water partition coefficient (Wildman–Crippen LogP) is 3.11. The molecule has 0 aliphatic carbocycles. The molecular weight excluding hydrogens is 239 g/mol. The molecule has 0 saturated carbocycles. The molecule has 64 valence electrons. The Balaban J connectivity index is 2.89. The summed E-state index contributed by atoms with van der Waals surface area (Å²) < 4.78 is 0.880. The highest BCUT2D eigenvalue weighted by Crippen LogP contribution is 2.23. The minimum atomic E-state index is 0.0493. The van der Waals surface area contributed by atoms with Crippen LogP contribution in [0.5, 0.6) is 0 Å². The Morgan fingerprint density at radius 2 is 2.25 bits per heavy atom. The Morgan fingerprint density at radius 3 is 2.83 bits per heavy atom. The second-order valence-corrected chi connectivity index (χ2v) is 3.52. The maximum absolute atomic E-state index is 8.52. The van der Waals surface area contributed by atoms with E-state index in [0.717, 1.165) is 10.0 Å². The lowest BCUT2D eigenvalue weighted by atomic mass is 10.2. The zero-order chi connectivity index (χ0) is 8.97. The van der Waals surface area contributed by atoms with Crippen LogP contribution in [0.4, 0.5) is 0 Å². The van der Waals surface area contributed by atoms with Crippen LogP contribution >= 0.6 is 27.5 Å². The summed E-state index contributed by atoms with van der Waals surface area (Å²) >= 11 is 9.14. The van der Waals surface area contributed by atoms with Crippen LogP contribution < -0.4 is 0 Å². The fraction of sp³-hybridized carbons (Fsp3) is 0.111. The van der Waals surface area contributed by atoms with Crippen molar-refractivity contribution in [3.8, 4) is 0 Å². The quantitative estimate of drug-likeness (QED) is 0.851. The van der Waals surface area contributed by atoms with Crippen LogP contribution in [0.2, 0.25) is 5.02 Å². The number of halogens is 2. The van der Waals surface area contributed by atoms with E-state index >= 15 is 0 Å². The molecule has 0 spiro atoms. The first-order valence-corrected chi connectivity index (χ1v) is 4.63. The van der Waals surface area contributed by atoms with Crippen LogP contribution in [0.1, 0.15) is 5.56 Å². The molecule has 0 atom stereocenters. The van der Waals surface area contributed by atoms with Crippen LogP contribution in [-0.2, 0) is 0 Å². The molecule has 12 heavy (non-hydrogen) atoms. The Hall–Kier alpha value is -0.310. The monoisotopic (exact) mass is 246 g/mol. The molecule has 1 rings (SSSR count). The number of rotatable bonds is 2. The van der Waals surface area contributed by atoms with Crippen LogP contribution in [0.3, 0.4) is 0 Å². The van der Waals surface area contributed by atoms with Gasteiger partial charge in [0.25, 0.3) is 0 Å². The highest BCUT2D eigenvalue weighted by atomic mass is 79.9. The third kappa shape index (κ3) is 2.63. The highest BCUT2D eigenvalue weighted by molar-refractivity contribution is 9.10. The summed E-state index contributed by atoms with van der Waals surface area (Å²) in [4.78, 5) is 0. The lowest BCUT2D eigenvalue weighted by Crippen LogP contribution is -1.75. The van der Waals surface area contributed by atoms with Crippen molar-refractivity contribution < 1.29 is 5.11 Å². The molecule has 1 aromatic carbocycles. The van der Waals surface area contributed by atoms with Gasteiger partial charge in [-0.2, -0.15) is 0 Å². The zero-order valence-electron chi connectivity index (χ0n) is 6.30. The summed E-state index contributed by atoms with van der Waals surface area (Å²) in [6.07, 6.45) is 3.48. The number of aliphatic hydroxyl groups is 1. The highest BCUT2D eigenvalue weighted by Gasteiger charge is 1.95. The number of hydrogen-bond acceptors (Lipinski definition) is 1. The van der Waals surface area contributed by atoms with Crippen molar-refractivity contribution in [2.75, 3.05) is 6.61 Å². The Morgan fingerprint density at radius 1 is 1.50 bits per heavy atom. The van der Waals surface area contributed by atoms with E-state index in [4.69, 9.17) is 16.7 Å². The fourth-order valence-corrected chi connectivity index (χ4v) is 1.24. The van der Waals surface area contributed by atoms with Crippen molar-refractivity contribution in [3.63, 3.8) is 0 Å². The van der Waals surface area contributed by atoms with Gasteiger partial charge in [-0.15, -0.1) is 0 Å². The van der Waals surface area contributed by atoms with Gasteiger partial charge in [-0.3, -0.25) is 0 Å². The molecule has 1 nitrogen and oxygen atoms in total. The van der Waals surface area contributed by atoms with Gasteiger partial charge in [0.1, 0.15) is 0 Å². The summed E-state index contributed by atoms with van der Waals surface area (Å²) in [5, 5.41) is 9.20. The minimum Gasteiger partial charge on any atom is -0.392 e. The van der Waals surface area contributed by atoms with Crippen molar-refractivity contribution in [2.24, 2.45) is 0 Å². The SMILES string of the molecule is OC/C=C/c1ccc(Br)c(Cl)c1. The predicted molar refractivity (Wildman–Crippen MR) is 55.3 cm³/mol. The Bertz CT molecular complexity index is 297. The minimum absolute atomic E-state index is 0.0493. The van der Waals surface area contributed by atoms with Gasteiger partial charge < -0.3 is 5.11 Å². The molecule has 0 aliphatic heterocycles.